The first-order chi connectivity index (χ1) is 14.7. The van der Waals surface area contributed by atoms with Crippen molar-refractivity contribution in [2.75, 3.05) is 18.2 Å². The van der Waals surface area contributed by atoms with Gasteiger partial charge in [0, 0.05) is 39.3 Å². The maximum atomic E-state index is 13.1. The molecule has 6 nitrogen and oxygen atoms in total. The molecule has 0 spiro atoms. The number of carbonyl (C=O) groups is 1. The number of benzene rings is 2. The summed E-state index contributed by atoms with van der Waals surface area (Å²) in [6.45, 7) is 2.68. The molecule has 3 aliphatic rings. The fourth-order valence-corrected chi connectivity index (χ4v) is 6.61. The number of nitrogens with zero attached hydrogens (tertiary/aromatic N) is 1. The van der Waals surface area contributed by atoms with Crippen LogP contribution in [0.2, 0.25) is 10.0 Å². The van der Waals surface area contributed by atoms with E-state index in [9.17, 15) is 13.2 Å². The van der Waals surface area contributed by atoms with Crippen LogP contribution in [0, 0.1) is 6.92 Å². The zero-order chi connectivity index (χ0) is 21.9. The number of hydrogen-bond acceptors (Lipinski definition) is 6. The molecule has 0 bridgehead atoms. The van der Waals surface area contributed by atoms with Crippen LogP contribution in [0.5, 0.6) is 11.5 Å². The lowest BCUT2D eigenvalue weighted by molar-refractivity contribution is 0.0637. The van der Waals surface area contributed by atoms with E-state index in [0.29, 0.717) is 52.4 Å². The van der Waals surface area contributed by atoms with Crippen LogP contribution in [0.25, 0.3) is 6.08 Å². The van der Waals surface area contributed by atoms with Gasteiger partial charge < -0.3 is 9.47 Å². The van der Waals surface area contributed by atoms with Crippen molar-refractivity contribution in [3.63, 3.8) is 0 Å². The fraction of sp³-hybridized carbons (Fsp3) is 0.318. The van der Waals surface area contributed by atoms with Crippen LogP contribution in [-0.4, -0.2) is 43.4 Å². The molecule has 9 heteroatoms. The SMILES string of the molecule is Cc1c2c(cc3c1O/C(=C\c1c(Cl)cccc1Cl)C3=O)CN(C1CCS(=O)(=O)C1)CO2. The number of sulfone groups is 1. The first kappa shape index (κ1) is 20.8. The van der Waals surface area contributed by atoms with Gasteiger partial charge in [-0.3, -0.25) is 9.69 Å². The Morgan fingerprint density at radius 3 is 2.61 bits per heavy atom. The zero-order valence-corrected chi connectivity index (χ0v) is 19.0. The molecular weight excluding hydrogens is 461 g/mol. The zero-order valence-electron chi connectivity index (χ0n) is 16.7. The lowest BCUT2D eigenvalue weighted by Gasteiger charge is -2.33. The second-order valence-corrected chi connectivity index (χ2v) is 11.1. The molecule has 0 aromatic heterocycles. The van der Waals surface area contributed by atoms with Crippen molar-refractivity contribution in [1.82, 2.24) is 4.90 Å². The number of fused-ring (bicyclic) bond motifs is 2. The van der Waals surface area contributed by atoms with Crippen molar-refractivity contribution < 1.29 is 22.7 Å². The summed E-state index contributed by atoms with van der Waals surface area (Å²) in [4.78, 5) is 15.1. The fourth-order valence-electron chi connectivity index (χ4n) is 4.34. The van der Waals surface area contributed by atoms with Gasteiger partial charge in [-0.1, -0.05) is 29.3 Å². The van der Waals surface area contributed by atoms with Crippen molar-refractivity contribution in [3.05, 3.63) is 62.3 Å². The van der Waals surface area contributed by atoms with Gasteiger partial charge in [0.25, 0.3) is 0 Å². The lowest BCUT2D eigenvalue weighted by atomic mass is 9.99. The summed E-state index contributed by atoms with van der Waals surface area (Å²) >= 11 is 12.5. The van der Waals surface area contributed by atoms with Gasteiger partial charge in [-0.25, -0.2) is 8.42 Å². The molecule has 1 saturated heterocycles. The summed E-state index contributed by atoms with van der Waals surface area (Å²) in [5, 5.41) is 0.850. The van der Waals surface area contributed by atoms with E-state index in [1.54, 1.807) is 30.3 Å². The monoisotopic (exact) mass is 479 g/mol. The van der Waals surface area contributed by atoms with Crippen molar-refractivity contribution in [2.24, 2.45) is 0 Å². The van der Waals surface area contributed by atoms with Crippen LogP contribution in [0.1, 0.15) is 33.5 Å². The number of hydrogen-bond donors (Lipinski definition) is 0. The first-order valence-corrected chi connectivity index (χ1v) is 12.4. The van der Waals surface area contributed by atoms with Gasteiger partial charge in [-0.2, -0.15) is 0 Å². The van der Waals surface area contributed by atoms with Gasteiger partial charge in [-0.05, 0) is 37.6 Å². The van der Waals surface area contributed by atoms with Crippen LogP contribution in [0.4, 0.5) is 0 Å². The maximum Gasteiger partial charge on any atom is 0.231 e. The Hall–Kier alpha value is -2.06. The number of rotatable bonds is 2. The Bertz CT molecular complexity index is 1230. The van der Waals surface area contributed by atoms with Crippen LogP contribution in [0.3, 0.4) is 0 Å². The highest BCUT2D eigenvalue weighted by Gasteiger charge is 2.37. The average molecular weight is 480 g/mol. The molecule has 1 unspecified atom stereocenters. The highest BCUT2D eigenvalue weighted by atomic mass is 35.5. The molecule has 0 radical (unpaired) electrons. The normalized spacial score (nSPS) is 23.4. The van der Waals surface area contributed by atoms with E-state index in [4.69, 9.17) is 32.7 Å². The molecular formula is C22H19Cl2NO5S. The molecule has 5 rings (SSSR count). The number of halogens is 2. The third-order valence-electron chi connectivity index (χ3n) is 5.96. The molecule has 3 aliphatic heterocycles. The number of ether oxygens (including phenoxy) is 2. The summed E-state index contributed by atoms with van der Waals surface area (Å²) in [7, 11) is -2.99. The molecule has 2 aromatic rings. The second-order valence-electron chi connectivity index (χ2n) is 8.02. The second kappa shape index (κ2) is 7.52. The topological polar surface area (TPSA) is 72.9 Å². The third-order valence-corrected chi connectivity index (χ3v) is 8.37. The average Bonchev–Trinajstić information content (AvgIpc) is 3.24. The Morgan fingerprint density at radius 2 is 1.94 bits per heavy atom. The van der Waals surface area contributed by atoms with Gasteiger partial charge >= 0.3 is 0 Å². The van der Waals surface area contributed by atoms with E-state index >= 15 is 0 Å². The number of ketones is 1. The van der Waals surface area contributed by atoms with E-state index in [-0.39, 0.29) is 29.1 Å². The van der Waals surface area contributed by atoms with E-state index in [0.717, 1.165) is 11.1 Å². The minimum absolute atomic E-state index is 0.0727. The minimum atomic E-state index is -2.99. The molecule has 3 heterocycles. The lowest BCUT2D eigenvalue weighted by Crippen LogP contribution is -2.41. The standard InChI is InChI=1S/C22H19Cl2NO5S/c1-12-21-13(9-25(11-29-21)14-5-6-31(27,28)10-14)7-16-20(26)19(30-22(12)16)8-15-17(23)3-2-4-18(15)24/h2-4,7-8,14H,5-6,9-11H2,1H3/b19-8-. The Kier molecular flexibility index (Phi) is 5.05. The highest BCUT2D eigenvalue weighted by molar-refractivity contribution is 7.91. The number of Topliss-reactive ketones (excluding diaryl/α,β-unsaturated/α-hetero) is 1. The van der Waals surface area contributed by atoms with Crippen LogP contribution >= 0.6 is 23.2 Å². The molecule has 0 saturated carbocycles. The Balaban J connectivity index is 1.47. The van der Waals surface area contributed by atoms with Crippen molar-refractivity contribution in [1.29, 1.82) is 0 Å². The van der Waals surface area contributed by atoms with Crippen molar-refractivity contribution >= 4 is 44.9 Å². The number of carbonyl (C=O) groups excluding carboxylic acids is 1. The van der Waals surface area contributed by atoms with Crippen LogP contribution in [0.15, 0.2) is 30.0 Å². The summed E-state index contributed by atoms with van der Waals surface area (Å²) in [5.41, 5.74) is 2.57. The molecule has 0 N–H and O–H groups in total. The van der Waals surface area contributed by atoms with Gasteiger partial charge in [0.2, 0.25) is 5.78 Å². The van der Waals surface area contributed by atoms with Crippen molar-refractivity contribution in [2.45, 2.75) is 25.9 Å². The quantitative estimate of drug-likeness (QED) is 0.599. The van der Waals surface area contributed by atoms with Gasteiger partial charge in [0.05, 0.1) is 17.1 Å². The van der Waals surface area contributed by atoms with E-state index in [1.165, 1.54) is 0 Å². The van der Waals surface area contributed by atoms with E-state index in [1.807, 2.05) is 11.8 Å². The first-order valence-electron chi connectivity index (χ1n) is 9.85. The van der Waals surface area contributed by atoms with Crippen LogP contribution in [-0.2, 0) is 16.4 Å². The largest absolute Gasteiger partial charge is 0.477 e. The summed E-state index contributed by atoms with van der Waals surface area (Å²) < 4.78 is 35.6. The maximum absolute atomic E-state index is 13.1. The summed E-state index contributed by atoms with van der Waals surface area (Å²) in [6.07, 6.45) is 2.15. The molecule has 1 atom stereocenters. The molecule has 0 aliphatic carbocycles. The molecule has 31 heavy (non-hydrogen) atoms. The number of allylic oxidation sites excluding steroid dienone is 1. The summed E-state index contributed by atoms with van der Waals surface area (Å²) in [6, 6.07) is 6.83. The van der Waals surface area contributed by atoms with Crippen LogP contribution < -0.4 is 9.47 Å². The van der Waals surface area contributed by atoms with E-state index < -0.39 is 9.84 Å². The molecule has 2 aromatic carbocycles. The molecule has 1 fully saturated rings. The van der Waals surface area contributed by atoms with Gasteiger partial charge in [0.15, 0.2) is 15.6 Å². The minimum Gasteiger partial charge on any atom is -0.477 e. The third kappa shape index (κ3) is 3.63. The Labute approximate surface area is 190 Å². The Morgan fingerprint density at radius 1 is 1.19 bits per heavy atom. The molecule has 0 amide bonds. The predicted molar refractivity (Wildman–Crippen MR) is 119 cm³/mol. The smallest absolute Gasteiger partial charge is 0.231 e. The highest BCUT2D eigenvalue weighted by Crippen LogP contribution is 2.44. The van der Waals surface area contributed by atoms with Gasteiger partial charge in [-0.15, -0.1) is 0 Å². The molecule has 162 valence electrons. The summed E-state index contributed by atoms with van der Waals surface area (Å²) in [5.74, 6) is 1.39. The predicted octanol–water partition coefficient (Wildman–Crippen LogP) is 4.26. The van der Waals surface area contributed by atoms with E-state index in [2.05, 4.69) is 0 Å². The van der Waals surface area contributed by atoms with Gasteiger partial charge in [0.1, 0.15) is 18.2 Å². The van der Waals surface area contributed by atoms with Crippen molar-refractivity contribution in [3.8, 4) is 11.5 Å².